The molecule has 2 rings (SSSR count). The molecule has 0 amide bonds. The zero-order valence-electron chi connectivity index (χ0n) is 9.93. The van der Waals surface area contributed by atoms with Crippen molar-refractivity contribution in [3.63, 3.8) is 0 Å². The summed E-state index contributed by atoms with van der Waals surface area (Å²) in [6.45, 7) is 3.01. The molecule has 0 spiro atoms. The molecule has 4 heteroatoms. The van der Waals surface area contributed by atoms with Crippen LogP contribution in [0.15, 0.2) is 17.0 Å². The molecule has 0 aromatic heterocycles. The van der Waals surface area contributed by atoms with Crippen LogP contribution in [-0.2, 0) is 0 Å². The minimum atomic E-state index is -0.743. The monoisotopic (exact) mass is 257 g/mol. The average molecular weight is 257 g/mol. The molecule has 0 bridgehead atoms. The topological polar surface area (TPSA) is 12.0 Å². The van der Waals surface area contributed by atoms with Crippen molar-refractivity contribution in [3.8, 4) is 0 Å². The number of rotatable bonds is 3. The highest BCUT2D eigenvalue weighted by molar-refractivity contribution is 7.99. The van der Waals surface area contributed by atoms with Crippen molar-refractivity contribution < 1.29 is 8.78 Å². The third-order valence-electron chi connectivity index (χ3n) is 2.96. The molecule has 0 saturated carbocycles. The summed E-state index contributed by atoms with van der Waals surface area (Å²) in [4.78, 5) is 0.884. The number of nitrogens with one attached hydrogen (secondary N) is 1. The third-order valence-corrected chi connectivity index (χ3v) is 4.12. The van der Waals surface area contributed by atoms with Crippen molar-refractivity contribution in [2.45, 2.75) is 37.1 Å². The van der Waals surface area contributed by atoms with E-state index in [1.54, 1.807) is 11.8 Å². The van der Waals surface area contributed by atoms with Gasteiger partial charge in [0, 0.05) is 10.9 Å². The van der Waals surface area contributed by atoms with Gasteiger partial charge in [-0.2, -0.15) is 0 Å². The average Bonchev–Trinajstić information content (AvgIpc) is 2.50. The van der Waals surface area contributed by atoms with Crippen LogP contribution in [0.4, 0.5) is 8.78 Å². The van der Waals surface area contributed by atoms with Crippen LogP contribution in [0, 0.1) is 11.6 Å². The highest BCUT2D eigenvalue weighted by atomic mass is 32.2. The van der Waals surface area contributed by atoms with Crippen molar-refractivity contribution in [2.75, 3.05) is 12.3 Å². The van der Waals surface area contributed by atoms with Crippen LogP contribution in [0.1, 0.15) is 37.8 Å². The Morgan fingerprint density at radius 1 is 1.35 bits per heavy atom. The van der Waals surface area contributed by atoms with E-state index in [1.807, 2.05) is 0 Å². The molecule has 1 aromatic carbocycles. The van der Waals surface area contributed by atoms with Crippen LogP contribution >= 0.6 is 11.8 Å². The van der Waals surface area contributed by atoms with E-state index >= 15 is 0 Å². The number of benzene rings is 1. The lowest BCUT2D eigenvalue weighted by atomic mass is 10.0. The Kier molecular flexibility index (Phi) is 4.40. The lowest BCUT2D eigenvalue weighted by molar-refractivity contribution is 0.473. The van der Waals surface area contributed by atoms with Crippen molar-refractivity contribution in [3.05, 3.63) is 29.3 Å². The van der Waals surface area contributed by atoms with Crippen molar-refractivity contribution in [1.29, 1.82) is 0 Å². The molecule has 0 saturated heterocycles. The Hall–Kier alpha value is -0.610. The molecule has 1 aromatic rings. The van der Waals surface area contributed by atoms with E-state index in [2.05, 4.69) is 12.2 Å². The maximum atomic E-state index is 13.3. The van der Waals surface area contributed by atoms with Crippen LogP contribution in [0.2, 0.25) is 0 Å². The van der Waals surface area contributed by atoms with Gasteiger partial charge in [-0.15, -0.1) is 11.8 Å². The minimum Gasteiger partial charge on any atom is -0.310 e. The van der Waals surface area contributed by atoms with E-state index in [0.717, 1.165) is 42.0 Å². The molecule has 1 aliphatic heterocycles. The van der Waals surface area contributed by atoms with Crippen molar-refractivity contribution >= 4 is 11.8 Å². The maximum Gasteiger partial charge on any atom is 0.159 e. The molecule has 1 nitrogen and oxygen atoms in total. The standard InChI is InChI=1S/C13H17F2NS/c1-2-5-16-12-4-3-6-17-13-8-11(15)10(14)7-9(12)13/h7-8,12,16H,2-6H2,1H3. The van der Waals surface area contributed by atoms with E-state index in [4.69, 9.17) is 0 Å². The van der Waals surface area contributed by atoms with Crippen LogP contribution in [0.25, 0.3) is 0 Å². The van der Waals surface area contributed by atoms with E-state index < -0.39 is 11.6 Å². The van der Waals surface area contributed by atoms with Crippen LogP contribution in [-0.4, -0.2) is 12.3 Å². The first-order valence-corrected chi connectivity index (χ1v) is 7.06. The fraction of sp³-hybridized carbons (Fsp3) is 0.538. The largest absolute Gasteiger partial charge is 0.310 e. The van der Waals surface area contributed by atoms with E-state index in [0.29, 0.717) is 0 Å². The Morgan fingerprint density at radius 3 is 2.88 bits per heavy atom. The lowest BCUT2D eigenvalue weighted by Crippen LogP contribution is -2.22. The van der Waals surface area contributed by atoms with Gasteiger partial charge in [0.1, 0.15) is 0 Å². The summed E-state index contributed by atoms with van der Waals surface area (Å²) < 4.78 is 26.5. The Bertz CT molecular complexity index is 395. The summed E-state index contributed by atoms with van der Waals surface area (Å²) in [7, 11) is 0. The predicted octanol–water partition coefficient (Wildman–Crippen LogP) is 3.89. The van der Waals surface area contributed by atoms with Crippen LogP contribution < -0.4 is 5.32 Å². The minimum absolute atomic E-state index is 0.162. The number of halogens is 2. The number of thioether (sulfide) groups is 1. The van der Waals surface area contributed by atoms with Gasteiger partial charge in [-0.1, -0.05) is 6.92 Å². The van der Waals surface area contributed by atoms with Gasteiger partial charge in [0.25, 0.3) is 0 Å². The molecule has 1 N–H and O–H groups in total. The zero-order valence-corrected chi connectivity index (χ0v) is 10.7. The highest BCUT2D eigenvalue weighted by Crippen LogP contribution is 2.35. The molecule has 1 aliphatic rings. The van der Waals surface area contributed by atoms with E-state index in [1.165, 1.54) is 12.1 Å². The second kappa shape index (κ2) is 5.83. The smallest absolute Gasteiger partial charge is 0.159 e. The molecule has 1 atom stereocenters. The first-order chi connectivity index (χ1) is 8.22. The fourth-order valence-corrected chi connectivity index (χ4v) is 3.18. The predicted molar refractivity (Wildman–Crippen MR) is 67.4 cm³/mol. The first kappa shape index (κ1) is 12.8. The first-order valence-electron chi connectivity index (χ1n) is 6.07. The summed E-state index contributed by atoms with van der Waals surface area (Å²) >= 11 is 1.62. The molecular formula is C13H17F2NS. The molecule has 0 radical (unpaired) electrons. The fourth-order valence-electron chi connectivity index (χ4n) is 2.10. The number of hydrogen-bond donors (Lipinski definition) is 1. The number of hydrogen-bond acceptors (Lipinski definition) is 2. The van der Waals surface area contributed by atoms with Crippen molar-refractivity contribution in [2.24, 2.45) is 0 Å². The molecule has 0 aliphatic carbocycles. The van der Waals surface area contributed by atoms with Gasteiger partial charge in [-0.05, 0) is 49.3 Å². The summed E-state index contributed by atoms with van der Waals surface area (Å²) in [5.74, 6) is -0.510. The van der Waals surface area contributed by atoms with Gasteiger partial charge in [-0.25, -0.2) is 8.78 Å². The summed E-state index contributed by atoms with van der Waals surface area (Å²) in [6, 6.07) is 2.85. The quantitative estimate of drug-likeness (QED) is 0.881. The van der Waals surface area contributed by atoms with Gasteiger partial charge < -0.3 is 5.32 Å². The van der Waals surface area contributed by atoms with Crippen molar-refractivity contribution in [1.82, 2.24) is 5.32 Å². The molecule has 17 heavy (non-hydrogen) atoms. The van der Waals surface area contributed by atoms with E-state index in [-0.39, 0.29) is 6.04 Å². The molecule has 94 valence electrons. The summed E-state index contributed by atoms with van der Waals surface area (Å²) in [5.41, 5.74) is 0.917. The highest BCUT2D eigenvalue weighted by Gasteiger charge is 2.20. The zero-order chi connectivity index (χ0) is 12.3. The lowest BCUT2D eigenvalue weighted by Gasteiger charge is -2.18. The molecule has 0 fully saturated rings. The third kappa shape index (κ3) is 2.99. The SMILES string of the molecule is CCCNC1CCCSc2cc(F)c(F)cc21. The number of fused-ring (bicyclic) bond motifs is 1. The second-order valence-corrected chi connectivity index (χ2v) is 5.44. The van der Waals surface area contributed by atoms with Gasteiger partial charge in [0.2, 0.25) is 0 Å². The van der Waals surface area contributed by atoms with Gasteiger partial charge >= 0.3 is 0 Å². The molecule has 1 unspecified atom stereocenters. The van der Waals surface area contributed by atoms with E-state index in [9.17, 15) is 8.78 Å². The molecule has 1 heterocycles. The second-order valence-electron chi connectivity index (χ2n) is 4.30. The normalized spacial score (nSPS) is 19.8. The van der Waals surface area contributed by atoms with Gasteiger partial charge in [-0.3, -0.25) is 0 Å². The Labute approximate surface area is 105 Å². The van der Waals surface area contributed by atoms with Crippen LogP contribution in [0.5, 0.6) is 0 Å². The molecular weight excluding hydrogens is 240 g/mol. The summed E-state index contributed by atoms with van der Waals surface area (Å²) in [6.07, 6.45) is 3.11. The summed E-state index contributed by atoms with van der Waals surface area (Å²) in [5, 5.41) is 3.41. The Balaban J connectivity index is 2.30. The van der Waals surface area contributed by atoms with Gasteiger partial charge in [0.15, 0.2) is 11.6 Å². The van der Waals surface area contributed by atoms with Gasteiger partial charge in [0.05, 0.1) is 0 Å². The van der Waals surface area contributed by atoms with Crippen LogP contribution in [0.3, 0.4) is 0 Å². The maximum absolute atomic E-state index is 13.3. The Morgan fingerprint density at radius 2 is 2.12 bits per heavy atom.